The second kappa shape index (κ2) is 3.47. The Balaban J connectivity index is 2.30. The van der Waals surface area contributed by atoms with Crippen LogP contribution in [0.5, 0.6) is 0 Å². The van der Waals surface area contributed by atoms with Gasteiger partial charge < -0.3 is 15.3 Å². The Hall–Kier alpha value is -1.13. The molecule has 0 saturated heterocycles. The van der Waals surface area contributed by atoms with Gasteiger partial charge in [-0.05, 0) is 24.8 Å². The van der Waals surface area contributed by atoms with E-state index in [4.69, 9.17) is 0 Å². The van der Waals surface area contributed by atoms with E-state index in [1.807, 2.05) is 0 Å². The molecule has 0 aromatic rings. The summed E-state index contributed by atoms with van der Waals surface area (Å²) >= 11 is 0. The highest BCUT2D eigenvalue weighted by molar-refractivity contribution is 6.02. The van der Waals surface area contributed by atoms with Crippen LogP contribution in [0.2, 0.25) is 0 Å². The molecule has 15 heavy (non-hydrogen) atoms. The van der Waals surface area contributed by atoms with Gasteiger partial charge in [0.1, 0.15) is 0 Å². The number of hydrogen-bond acceptors (Lipinski definition) is 4. The van der Waals surface area contributed by atoms with E-state index in [1.165, 1.54) is 6.08 Å². The predicted octanol–water partition coefficient (Wildman–Crippen LogP) is 0.808. The summed E-state index contributed by atoms with van der Waals surface area (Å²) in [5.41, 5.74) is 0.552. The van der Waals surface area contributed by atoms with Gasteiger partial charge >= 0.3 is 0 Å². The largest absolute Gasteiger partial charge is 0.504 e. The third-order valence-corrected chi connectivity index (χ3v) is 3.11. The van der Waals surface area contributed by atoms with E-state index in [9.17, 15) is 20.1 Å². The number of carbonyl (C=O) groups is 1. The van der Waals surface area contributed by atoms with Gasteiger partial charge in [-0.25, -0.2) is 0 Å². The normalized spacial score (nSPS) is 26.4. The fraction of sp³-hybridized carbons (Fsp3) is 0.545. The molecule has 0 radical (unpaired) electrons. The second-order valence-corrected chi connectivity index (χ2v) is 4.17. The molecule has 0 bridgehead atoms. The van der Waals surface area contributed by atoms with Crippen molar-refractivity contribution < 1.29 is 20.1 Å². The van der Waals surface area contributed by atoms with Gasteiger partial charge in [-0.2, -0.15) is 0 Å². The monoisotopic (exact) mass is 210 g/mol. The number of aliphatic hydroxyl groups is 3. The highest BCUT2D eigenvalue weighted by Crippen LogP contribution is 2.35. The van der Waals surface area contributed by atoms with Crippen LogP contribution in [0, 0.1) is 5.92 Å². The lowest BCUT2D eigenvalue weighted by Crippen LogP contribution is -2.40. The zero-order valence-corrected chi connectivity index (χ0v) is 8.31. The van der Waals surface area contributed by atoms with E-state index in [1.54, 1.807) is 0 Å². The van der Waals surface area contributed by atoms with Crippen molar-refractivity contribution in [3.05, 3.63) is 23.5 Å². The summed E-state index contributed by atoms with van der Waals surface area (Å²) in [7, 11) is 0. The minimum atomic E-state index is -2.54. The number of Topliss-reactive ketones (excluding diaryl/α,β-unsaturated/α-hetero) is 1. The first kappa shape index (κ1) is 10.4. The Morgan fingerprint density at radius 1 is 1.27 bits per heavy atom. The molecule has 2 rings (SSSR count). The molecule has 2 aliphatic carbocycles. The molecular formula is C11H14O4. The van der Waals surface area contributed by atoms with Crippen LogP contribution in [0.1, 0.15) is 25.7 Å². The lowest BCUT2D eigenvalue weighted by molar-refractivity contribution is -0.164. The third-order valence-electron chi connectivity index (χ3n) is 3.11. The fourth-order valence-electron chi connectivity index (χ4n) is 2.23. The molecule has 0 aliphatic heterocycles. The highest BCUT2D eigenvalue weighted by atomic mass is 16.5. The molecule has 0 atom stereocenters. The Morgan fingerprint density at radius 3 is 2.47 bits per heavy atom. The van der Waals surface area contributed by atoms with Crippen molar-refractivity contribution in [2.24, 2.45) is 5.92 Å². The van der Waals surface area contributed by atoms with Crippen LogP contribution in [0.15, 0.2) is 23.5 Å². The molecule has 0 spiro atoms. The number of aliphatic hydroxyl groups excluding tert-OH is 1. The number of ketones is 1. The van der Waals surface area contributed by atoms with Crippen LogP contribution in [0.4, 0.5) is 0 Å². The number of carbonyl (C=O) groups excluding carboxylic acids is 1. The van der Waals surface area contributed by atoms with Crippen LogP contribution in [-0.4, -0.2) is 26.9 Å². The molecule has 82 valence electrons. The molecule has 4 heteroatoms. The maximum Gasteiger partial charge on any atom is 0.260 e. The molecule has 0 heterocycles. The van der Waals surface area contributed by atoms with E-state index in [-0.39, 0.29) is 5.92 Å². The molecule has 0 amide bonds. The maximum absolute atomic E-state index is 11.4. The van der Waals surface area contributed by atoms with E-state index < -0.39 is 17.3 Å². The average molecular weight is 210 g/mol. The summed E-state index contributed by atoms with van der Waals surface area (Å²) in [6.07, 6.45) is 6.55. The lowest BCUT2D eigenvalue weighted by Gasteiger charge is -2.23. The van der Waals surface area contributed by atoms with Gasteiger partial charge in [0.25, 0.3) is 11.6 Å². The van der Waals surface area contributed by atoms with Crippen molar-refractivity contribution in [1.29, 1.82) is 0 Å². The van der Waals surface area contributed by atoms with Crippen LogP contribution >= 0.6 is 0 Å². The van der Waals surface area contributed by atoms with Gasteiger partial charge in [-0.1, -0.05) is 18.9 Å². The molecule has 3 N–H and O–H groups in total. The Morgan fingerprint density at radius 2 is 1.87 bits per heavy atom. The van der Waals surface area contributed by atoms with Crippen LogP contribution in [-0.2, 0) is 4.79 Å². The summed E-state index contributed by atoms with van der Waals surface area (Å²) in [6.45, 7) is 0. The van der Waals surface area contributed by atoms with Gasteiger partial charge in [0.15, 0.2) is 5.76 Å². The third kappa shape index (κ3) is 1.70. The average Bonchev–Trinajstić information content (AvgIpc) is 2.68. The van der Waals surface area contributed by atoms with Crippen molar-refractivity contribution in [2.45, 2.75) is 31.5 Å². The Bertz CT molecular complexity index is 346. The first-order valence-corrected chi connectivity index (χ1v) is 5.14. The summed E-state index contributed by atoms with van der Waals surface area (Å²) in [4.78, 5) is 11.4. The van der Waals surface area contributed by atoms with Crippen LogP contribution < -0.4 is 0 Å². The van der Waals surface area contributed by atoms with Crippen molar-refractivity contribution in [1.82, 2.24) is 0 Å². The minimum absolute atomic E-state index is 0.182. The van der Waals surface area contributed by atoms with Gasteiger partial charge in [0.05, 0.1) is 0 Å². The topological polar surface area (TPSA) is 77.8 Å². The van der Waals surface area contributed by atoms with E-state index in [0.29, 0.717) is 5.57 Å². The maximum atomic E-state index is 11.4. The molecule has 0 unspecified atom stereocenters. The lowest BCUT2D eigenvalue weighted by atomic mass is 9.89. The van der Waals surface area contributed by atoms with E-state index in [2.05, 4.69) is 0 Å². The number of hydrogen-bond donors (Lipinski definition) is 3. The van der Waals surface area contributed by atoms with Gasteiger partial charge in [-0.15, -0.1) is 0 Å². The summed E-state index contributed by atoms with van der Waals surface area (Å²) in [5, 5.41) is 28.0. The molecular weight excluding hydrogens is 196 g/mol. The number of rotatable bonds is 1. The standard InChI is InChI=1S/C11H14O4/c12-9-8(7-3-1-2-4-7)5-6-11(14,15)10(9)13/h5-7,12,14-15H,1-4H2. The van der Waals surface area contributed by atoms with Gasteiger partial charge in [0.2, 0.25) is 0 Å². The zero-order chi connectivity index (χ0) is 11.1. The predicted molar refractivity (Wildman–Crippen MR) is 52.9 cm³/mol. The van der Waals surface area contributed by atoms with Gasteiger partial charge in [0, 0.05) is 5.57 Å². The summed E-state index contributed by atoms with van der Waals surface area (Å²) in [6, 6.07) is 0. The van der Waals surface area contributed by atoms with E-state index >= 15 is 0 Å². The minimum Gasteiger partial charge on any atom is -0.504 e. The van der Waals surface area contributed by atoms with Crippen molar-refractivity contribution in [2.75, 3.05) is 0 Å². The molecule has 1 fully saturated rings. The first-order chi connectivity index (χ1) is 7.02. The van der Waals surface area contributed by atoms with Crippen molar-refractivity contribution in [3.8, 4) is 0 Å². The van der Waals surface area contributed by atoms with Crippen molar-refractivity contribution in [3.63, 3.8) is 0 Å². The Labute approximate surface area is 87.5 Å². The summed E-state index contributed by atoms with van der Waals surface area (Å²) < 4.78 is 0. The highest BCUT2D eigenvalue weighted by Gasteiger charge is 2.39. The van der Waals surface area contributed by atoms with Crippen molar-refractivity contribution >= 4 is 5.78 Å². The second-order valence-electron chi connectivity index (χ2n) is 4.17. The molecule has 1 saturated carbocycles. The zero-order valence-electron chi connectivity index (χ0n) is 8.31. The molecule has 0 aromatic heterocycles. The van der Waals surface area contributed by atoms with Gasteiger partial charge in [-0.3, -0.25) is 4.79 Å². The van der Waals surface area contributed by atoms with E-state index in [0.717, 1.165) is 31.8 Å². The quantitative estimate of drug-likeness (QED) is 0.560. The fourth-order valence-corrected chi connectivity index (χ4v) is 2.23. The van der Waals surface area contributed by atoms with Crippen LogP contribution in [0.3, 0.4) is 0 Å². The molecule has 2 aliphatic rings. The molecule has 4 nitrogen and oxygen atoms in total. The summed E-state index contributed by atoms with van der Waals surface area (Å²) in [5.74, 6) is -3.87. The first-order valence-electron chi connectivity index (χ1n) is 5.14. The SMILES string of the molecule is O=C1C(O)=C(C2CCCC2)C=CC1(O)O. The molecule has 0 aromatic carbocycles. The Kier molecular flexibility index (Phi) is 2.40. The number of allylic oxidation sites excluding steroid dienone is 2. The van der Waals surface area contributed by atoms with Crippen LogP contribution in [0.25, 0.3) is 0 Å². The smallest absolute Gasteiger partial charge is 0.260 e.